The highest BCUT2D eigenvalue weighted by Crippen LogP contribution is 2.46. The van der Waals surface area contributed by atoms with E-state index in [1.54, 1.807) is 0 Å². The van der Waals surface area contributed by atoms with E-state index in [0.29, 0.717) is 12.3 Å². The van der Waals surface area contributed by atoms with Gasteiger partial charge in [0.25, 0.3) is 0 Å². The van der Waals surface area contributed by atoms with Crippen LogP contribution in [0.4, 0.5) is 5.69 Å². The Kier molecular flexibility index (Phi) is 3.60. The molecule has 1 aromatic rings. The summed E-state index contributed by atoms with van der Waals surface area (Å²) in [4.78, 5) is 24.5. The van der Waals surface area contributed by atoms with E-state index >= 15 is 0 Å². The SMILES string of the molecule is CC(C)CC1(C(=O)c2ccc3c(c2)CC(=O)N3)CCCC1. The monoisotopic (exact) mass is 285 g/mol. The summed E-state index contributed by atoms with van der Waals surface area (Å²) >= 11 is 0. The molecule has 1 N–H and O–H groups in total. The standard InChI is InChI=1S/C18H23NO2/c1-12(2)11-18(7-3-4-8-18)17(21)13-5-6-15-14(9-13)10-16(20)19-15/h5-6,9,12H,3-4,7-8,10-11H2,1-2H3,(H,19,20). The third-order valence-corrected chi connectivity index (χ3v) is 4.83. The van der Waals surface area contributed by atoms with Crippen molar-refractivity contribution < 1.29 is 9.59 Å². The first-order valence-electron chi connectivity index (χ1n) is 7.98. The number of Topliss-reactive ketones (excluding diaryl/α,β-unsaturated/α-hetero) is 1. The maximum Gasteiger partial charge on any atom is 0.228 e. The molecule has 112 valence electrons. The second-order valence-corrected chi connectivity index (χ2v) is 7.01. The molecule has 0 spiro atoms. The lowest BCUT2D eigenvalue weighted by molar-refractivity contribution is -0.115. The Labute approximate surface area is 126 Å². The Hall–Kier alpha value is -1.64. The number of benzene rings is 1. The van der Waals surface area contributed by atoms with Crippen molar-refractivity contribution in [3.63, 3.8) is 0 Å². The summed E-state index contributed by atoms with van der Waals surface area (Å²) < 4.78 is 0. The predicted octanol–water partition coefficient (Wildman–Crippen LogP) is 3.97. The lowest BCUT2D eigenvalue weighted by Gasteiger charge is -2.29. The molecule has 1 amide bonds. The lowest BCUT2D eigenvalue weighted by Crippen LogP contribution is -2.30. The number of carbonyl (C=O) groups excluding carboxylic acids is 2. The quantitative estimate of drug-likeness (QED) is 0.851. The minimum absolute atomic E-state index is 0.0207. The van der Waals surface area contributed by atoms with E-state index < -0.39 is 0 Å². The Morgan fingerprint density at radius 3 is 2.67 bits per heavy atom. The molecule has 0 saturated heterocycles. The fourth-order valence-electron chi connectivity index (χ4n) is 4.03. The van der Waals surface area contributed by atoms with Gasteiger partial charge in [0, 0.05) is 16.7 Å². The van der Waals surface area contributed by atoms with E-state index in [-0.39, 0.29) is 17.1 Å². The van der Waals surface area contributed by atoms with Gasteiger partial charge in [0.15, 0.2) is 5.78 Å². The van der Waals surface area contributed by atoms with Gasteiger partial charge in [0.05, 0.1) is 6.42 Å². The highest BCUT2D eigenvalue weighted by Gasteiger charge is 2.41. The number of hydrogen-bond acceptors (Lipinski definition) is 2. The maximum atomic E-state index is 13.1. The number of rotatable bonds is 4. The van der Waals surface area contributed by atoms with Crippen LogP contribution >= 0.6 is 0 Å². The van der Waals surface area contributed by atoms with Crippen LogP contribution in [-0.2, 0) is 11.2 Å². The second kappa shape index (κ2) is 5.28. The normalized spacial score (nSPS) is 19.7. The van der Waals surface area contributed by atoms with Gasteiger partial charge in [0.1, 0.15) is 0 Å². The van der Waals surface area contributed by atoms with Crippen molar-refractivity contribution in [2.45, 2.75) is 52.4 Å². The zero-order chi connectivity index (χ0) is 15.0. The summed E-state index contributed by atoms with van der Waals surface area (Å²) in [6, 6.07) is 5.69. The lowest BCUT2D eigenvalue weighted by atomic mass is 9.73. The summed E-state index contributed by atoms with van der Waals surface area (Å²) in [7, 11) is 0. The van der Waals surface area contributed by atoms with Crippen LogP contribution < -0.4 is 5.32 Å². The van der Waals surface area contributed by atoms with Gasteiger partial charge in [-0.2, -0.15) is 0 Å². The largest absolute Gasteiger partial charge is 0.326 e. The van der Waals surface area contributed by atoms with Gasteiger partial charge < -0.3 is 5.32 Å². The molecule has 0 radical (unpaired) electrons. The molecule has 21 heavy (non-hydrogen) atoms. The van der Waals surface area contributed by atoms with Gasteiger partial charge in [-0.15, -0.1) is 0 Å². The third-order valence-electron chi connectivity index (χ3n) is 4.83. The molecular formula is C18H23NO2. The van der Waals surface area contributed by atoms with E-state index in [0.717, 1.165) is 48.9 Å². The highest BCUT2D eigenvalue weighted by molar-refractivity contribution is 6.04. The van der Waals surface area contributed by atoms with Crippen LogP contribution in [0.25, 0.3) is 0 Å². The molecule has 3 nitrogen and oxygen atoms in total. The van der Waals surface area contributed by atoms with E-state index in [1.165, 1.54) is 0 Å². The number of amides is 1. The van der Waals surface area contributed by atoms with Crippen LogP contribution in [0.3, 0.4) is 0 Å². The van der Waals surface area contributed by atoms with Gasteiger partial charge in [-0.25, -0.2) is 0 Å². The van der Waals surface area contributed by atoms with Crippen LogP contribution in [0.15, 0.2) is 18.2 Å². The van der Waals surface area contributed by atoms with Crippen LogP contribution in [0, 0.1) is 11.3 Å². The summed E-state index contributed by atoms with van der Waals surface area (Å²) in [5.74, 6) is 0.841. The molecule has 0 bridgehead atoms. The average Bonchev–Trinajstić information content (AvgIpc) is 3.02. The van der Waals surface area contributed by atoms with Gasteiger partial charge in [-0.3, -0.25) is 9.59 Å². The number of carbonyl (C=O) groups is 2. The number of hydrogen-bond donors (Lipinski definition) is 1. The number of fused-ring (bicyclic) bond motifs is 1. The number of ketones is 1. The van der Waals surface area contributed by atoms with E-state index in [1.807, 2.05) is 18.2 Å². The number of nitrogens with one attached hydrogen (secondary N) is 1. The molecule has 2 aliphatic rings. The molecule has 0 aromatic heterocycles. The third kappa shape index (κ3) is 2.61. The van der Waals surface area contributed by atoms with E-state index in [4.69, 9.17) is 0 Å². The zero-order valence-corrected chi connectivity index (χ0v) is 12.9. The Morgan fingerprint density at radius 1 is 1.29 bits per heavy atom. The second-order valence-electron chi connectivity index (χ2n) is 7.01. The Balaban J connectivity index is 1.90. The topological polar surface area (TPSA) is 46.2 Å². The van der Waals surface area contributed by atoms with Crippen LogP contribution in [0.1, 0.15) is 61.9 Å². The van der Waals surface area contributed by atoms with Crippen molar-refractivity contribution in [3.05, 3.63) is 29.3 Å². The van der Waals surface area contributed by atoms with Crippen LogP contribution in [-0.4, -0.2) is 11.7 Å². The van der Waals surface area contributed by atoms with E-state index in [9.17, 15) is 9.59 Å². The summed E-state index contributed by atoms with van der Waals surface area (Å²) in [5, 5.41) is 2.82. The van der Waals surface area contributed by atoms with Crippen molar-refractivity contribution in [3.8, 4) is 0 Å². The van der Waals surface area contributed by atoms with Crippen LogP contribution in [0.5, 0.6) is 0 Å². The van der Waals surface area contributed by atoms with Crippen molar-refractivity contribution >= 4 is 17.4 Å². The summed E-state index contributed by atoms with van der Waals surface area (Å²) in [6.45, 7) is 4.39. The van der Waals surface area contributed by atoms with Crippen molar-refractivity contribution in [1.82, 2.24) is 0 Å². The molecule has 3 heteroatoms. The van der Waals surface area contributed by atoms with Crippen molar-refractivity contribution in [2.24, 2.45) is 11.3 Å². The summed E-state index contributed by atoms with van der Waals surface area (Å²) in [5.41, 5.74) is 2.44. The Morgan fingerprint density at radius 2 is 2.00 bits per heavy atom. The molecule has 1 saturated carbocycles. The number of anilines is 1. The molecule has 1 fully saturated rings. The first-order chi connectivity index (χ1) is 10.00. The first kappa shape index (κ1) is 14.3. The molecular weight excluding hydrogens is 262 g/mol. The molecule has 1 aromatic carbocycles. The van der Waals surface area contributed by atoms with Crippen molar-refractivity contribution in [2.75, 3.05) is 5.32 Å². The average molecular weight is 285 g/mol. The minimum atomic E-state index is -0.168. The molecule has 1 heterocycles. The zero-order valence-electron chi connectivity index (χ0n) is 12.9. The highest BCUT2D eigenvalue weighted by atomic mass is 16.2. The fraction of sp³-hybridized carbons (Fsp3) is 0.556. The van der Waals surface area contributed by atoms with E-state index in [2.05, 4.69) is 19.2 Å². The molecule has 3 rings (SSSR count). The molecule has 0 unspecified atom stereocenters. The molecule has 1 aliphatic heterocycles. The molecule has 1 aliphatic carbocycles. The predicted molar refractivity (Wildman–Crippen MR) is 83.5 cm³/mol. The van der Waals surface area contributed by atoms with Crippen molar-refractivity contribution in [1.29, 1.82) is 0 Å². The smallest absolute Gasteiger partial charge is 0.228 e. The van der Waals surface area contributed by atoms with Gasteiger partial charge >= 0.3 is 0 Å². The maximum absolute atomic E-state index is 13.1. The van der Waals surface area contributed by atoms with Gasteiger partial charge in [0.2, 0.25) is 5.91 Å². The van der Waals surface area contributed by atoms with Gasteiger partial charge in [-0.05, 0) is 48.9 Å². The summed E-state index contributed by atoms with van der Waals surface area (Å²) in [6.07, 6.45) is 5.71. The Bertz CT molecular complexity index is 583. The minimum Gasteiger partial charge on any atom is -0.326 e. The van der Waals surface area contributed by atoms with Gasteiger partial charge in [-0.1, -0.05) is 26.7 Å². The van der Waals surface area contributed by atoms with Crippen LogP contribution in [0.2, 0.25) is 0 Å². The first-order valence-corrected chi connectivity index (χ1v) is 7.98. The molecule has 0 atom stereocenters. The fourth-order valence-corrected chi connectivity index (χ4v) is 4.03.